The average Bonchev–Trinajstić information content (AvgIpc) is 2.61. The van der Waals surface area contributed by atoms with Crippen molar-refractivity contribution in [3.05, 3.63) is 29.8 Å². The number of anilines is 1. The molecule has 2 rings (SSSR count). The summed E-state index contributed by atoms with van der Waals surface area (Å²) in [5.41, 5.74) is 1.70. The van der Waals surface area contributed by atoms with Crippen LogP contribution in [0.3, 0.4) is 0 Å². The van der Waals surface area contributed by atoms with Crippen LogP contribution in [0.2, 0.25) is 0 Å². The average molecular weight is 246 g/mol. The van der Waals surface area contributed by atoms with Crippen molar-refractivity contribution in [1.29, 1.82) is 0 Å². The number of rotatable bonds is 4. The van der Waals surface area contributed by atoms with Crippen molar-refractivity contribution in [3.8, 4) is 0 Å². The molecule has 18 heavy (non-hydrogen) atoms. The normalized spacial score (nSPS) is 19.7. The summed E-state index contributed by atoms with van der Waals surface area (Å²) in [5.74, 6) is -0.398. The molecule has 1 saturated heterocycles. The monoisotopic (exact) mass is 246 g/mol. The summed E-state index contributed by atoms with van der Waals surface area (Å²) in [6.45, 7) is 5.34. The third-order valence-corrected chi connectivity index (χ3v) is 3.17. The number of imide groups is 1. The van der Waals surface area contributed by atoms with Gasteiger partial charge in [-0.25, -0.2) is 4.90 Å². The van der Waals surface area contributed by atoms with Crippen LogP contribution >= 0.6 is 0 Å². The van der Waals surface area contributed by atoms with E-state index in [0.717, 1.165) is 17.8 Å². The molecule has 0 spiro atoms. The highest BCUT2D eigenvalue weighted by molar-refractivity contribution is 6.21. The van der Waals surface area contributed by atoms with Crippen LogP contribution in [0, 0.1) is 5.92 Å². The molecule has 0 bridgehead atoms. The molecule has 1 heterocycles. The summed E-state index contributed by atoms with van der Waals surface area (Å²) < 4.78 is 0. The number of nitrogens with one attached hydrogen (secondary N) is 1. The minimum Gasteiger partial charge on any atom is -0.313 e. The van der Waals surface area contributed by atoms with Gasteiger partial charge in [0.1, 0.15) is 0 Å². The topological polar surface area (TPSA) is 49.4 Å². The minimum absolute atomic E-state index is 0.0936. The van der Waals surface area contributed by atoms with Crippen molar-refractivity contribution in [2.75, 3.05) is 11.4 Å². The fourth-order valence-corrected chi connectivity index (χ4v) is 2.18. The fourth-order valence-electron chi connectivity index (χ4n) is 2.18. The zero-order valence-electron chi connectivity index (χ0n) is 10.8. The van der Waals surface area contributed by atoms with E-state index < -0.39 is 0 Å². The lowest BCUT2D eigenvalue weighted by atomic mass is 10.1. The van der Waals surface area contributed by atoms with Crippen LogP contribution in [-0.4, -0.2) is 18.4 Å². The molecule has 1 N–H and O–H groups in total. The first-order chi connectivity index (χ1) is 8.65. The van der Waals surface area contributed by atoms with E-state index in [1.165, 1.54) is 4.90 Å². The van der Waals surface area contributed by atoms with Crippen LogP contribution in [0.1, 0.15) is 25.8 Å². The molecule has 0 saturated carbocycles. The standard InChI is InChI=1S/C14H18N2O2/c1-3-15-9-11-6-4-5-7-12(11)16-13(17)8-10(2)14(16)18/h4-7,10,15H,3,8-9H2,1-2H3. The molecule has 0 aliphatic carbocycles. The lowest BCUT2D eigenvalue weighted by molar-refractivity contribution is -0.122. The predicted molar refractivity (Wildman–Crippen MR) is 70.1 cm³/mol. The van der Waals surface area contributed by atoms with Crippen LogP contribution in [0.5, 0.6) is 0 Å². The van der Waals surface area contributed by atoms with Gasteiger partial charge in [-0.15, -0.1) is 0 Å². The van der Waals surface area contributed by atoms with E-state index in [1.54, 1.807) is 6.92 Å². The second kappa shape index (κ2) is 5.31. The highest BCUT2D eigenvalue weighted by Gasteiger charge is 2.37. The predicted octanol–water partition coefficient (Wildman–Crippen LogP) is 1.70. The van der Waals surface area contributed by atoms with Gasteiger partial charge in [0, 0.05) is 18.9 Å². The zero-order chi connectivity index (χ0) is 13.1. The van der Waals surface area contributed by atoms with Gasteiger partial charge in [-0.2, -0.15) is 0 Å². The van der Waals surface area contributed by atoms with Crippen molar-refractivity contribution in [1.82, 2.24) is 5.32 Å². The van der Waals surface area contributed by atoms with Crippen molar-refractivity contribution in [2.45, 2.75) is 26.8 Å². The summed E-state index contributed by atoms with van der Waals surface area (Å²) in [6.07, 6.45) is 0.314. The SMILES string of the molecule is CCNCc1ccccc1N1C(=O)CC(C)C1=O. The minimum atomic E-state index is -0.204. The van der Waals surface area contributed by atoms with Gasteiger partial charge in [0.2, 0.25) is 11.8 Å². The number of carbonyl (C=O) groups is 2. The van der Waals surface area contributed by atoms with Gasteiger partial charge in [0.15, 0.2) is 0 Å². The van der Waals surface area contributed by atoms with E-state index in [1.807, 2.05) is 31.2 Å². The number of para-hydroxylation sites is 1. The molecule has 4 nitrogen and oxygen atoms in total. The molecule has 96 valence electrons. The van der Waals surface area contributed by atoms with E-state index in [9.17, 15) is 9.59 Å². The Kier molecular flexibility index (Phi) is 3.77. The second-order valence-corrected chi connectivity index (χ2v) is 4.58. The second-order valence-electron chi connectivity index (χ2n) is 4.58. The van der Waals surface area contributed by atoms with Gasteiger partial charge < -0.3 is 5.32 Å². The first-order valence-electron chi connectivity index (χ1n) is 6.30. The van der Waals surface area contributed by atoms with Crippen LogP contribution in [0.25, 0.3) is 0 Å². The lowest BCUT2D eigenvalue weighted by Crippen LogP contribution is -2.31. The largest absolute Gasteiger partial charge is 0.313 e. The Morgan fingerprint density at radius 1 is 1.33 bits per heavy atom. The van der Waals surface area contributed by atoms with Crippen molar-refractivity contribution in [3.63, 3.8) is 0 Å². The van der Waals surface area contributed by atoms with Crippen molar-refractivity contribution in [2.24, 2.45) is 5.92 Å². The number of hydrogen-bond acceptors (Lipinski definition) is 3. The fraction of sp³-hybridized carbons (Fsp3) is 0.429. The van der Waals surface area contributed by atoms with E-state index in [0.29, 0.717) is 13.0 Å². The molecule has 4 heteroatoms. The zero-order valence-corrected chi connectivity index (χ0v) is 10.8. The van der Waals surface area contributed by atoms with Gasteiger partial charge in [-0.1, -0.05) is 32.0 Å². The number of hydrogen-bond donors (Lipinski definition) is 1. The van der Waals surface area contributed by atoms with Gasteiger partial charge in [0.25, 0.3) is 0 Å². The molecule has 2 amide bonds. The maximum atomic E-state index is 12.0. The molecule has 1 atom stereocenters. The highest BCUT2D eigenvalue weighted by atomic mass is 16.2. The van der Waals surface area contributed by atoms with Crippen LogP contribution in [0.15, 0.2) is 24.3 Å². The van der Waals surface area contributed by atoms with E-state index >= 15 is 0 Å². The molecule has 1 fully saturated rings. The Hall–Kier alpha value is -1.68. The summed E-state index contributed by atoms with van der Waals surface area (Å²) in [6, 6.07) is 7.56. The third-order valence-electron chi connectivity index (χ3n) is 3.17. The Balaban J connectivity index is 2.32. The van der Waals surface area contributed by atoms with Crippen LogP contribution < -0.4 is 10.2 Å². The summed E-state index contributed by atoms with van der Waals surface area (Å²) >= 11 is 0. The number of nitrogens with zero attached hydrogens (tertiary/aromatic N) is 1. The summed E-state index contributed by atoms with van der Waals surface area (Å²) in [4.78, 5) is 25.3. The molecule has 1 aliphatic rings. The molecule has 1 unspecified atom stereocenters. The van der Waals surface area contributed by atoms with Gasteiger partial charge >= 0.3 is 0 Å². The maximum Gasteiger partial charge on any atom is 0.237 e. The van der Waals surface area contributed by atoms with Crippen LogP contribution in [-0.2, 0) is 16.1 Å². The van der Waals surface area contributed by atoms with Gasteiger partial charge in [-0.05, 0) is 18.2 Å². The van der Waals surface area contributed by atoms with Crippen molar-refractivity contribution < 1.29 is 9.59 Å². The Bertz CT molecular complexity index is 471. The maximum absolute atomic E-state index is 12.0. The third kappa shape index (κ3) is 2.29. The summed E-state index contributed by atoms with van der Waals surface area (Å²) in [7, 11) is 0. The quantitative estimate of drug-likeness (QED) is 0.823. The molecule has 0 radical (unpaired) electrons. The van der Waals surface area contributed by atoms with Crippen LogP contribution in [0.4, 0.5) is 5.69 Å². The first kappa shape index (κ1) is 12.8. The molecule has 1 aliphatic heterocycles. The van der Waals surface area contributed by atoms with Gasteiger partial charge in [-0.3, -0.25) is 9.59 Å². The van der Waals surface area contributed by atoms with E-state index in [2.05, 4.69) is 5.32 Å². The smallest absolute Gasteiger partial charge is 0.237 e. The summed E-state index contributed by atoms with van der Waals surface area (Å²) in [5, 5.41) is 3.22. The molecule has 1 aromatic rings. The lowest BCUT2D eigenvalue weighted by Gasteiger charge is -2.18. The van der Waals surface area contributed by atoms with E-state index in [4.69, 9.17) is 0 Å². The number of carbonyl (C=O) groups excluding carboxylic acids is 2. The Labute approximate surface area is 107 Å². The molecule has 0 aromatic heterocycles. The first-order valence-corrected chi connectivity index (χ1v) is 6.30. The van der Waals surface area contributed by atoms with Crippen molar-refractivity contribution >= 4 is 17.5 Å². The Morgan fingerprint density at radius 3 is 2.67 bits per heavy atom. The molecule has 1 aromatic carbocycles. The number of benzene rings is 1. The molecular weight excluding hydrogens is 228 g/mol. The highest BCUT2D eigenvalue weighted by Crippen LogP contribution is 2.28. The van der Waals surface area contributed by atoms with Gasteiger partial charge in [0.05, 0.1) is 5.69 Å². The number of amides is 2. The van der Waals surface area contributed by atoms with E-state index in [-0.39, 0.29) is 17.7 Å². The molecular formula is C14H18N2O2. The Morgan fingerprint density at radius 2 is 2.06 bits per heavy atom.